The fourth-order valence-electron chi connectivity index (χ4n) is 2.88. The smallest absolute Gasteiger partial charge is 0.243 e. The number of benzene rings is 1. The summed E-state index contributed by atoms with van der Waals surface area (Å²) in [4.78, 5) is -0.182. The summed E-state index contributed by atoms with van der Waals surface area (Å²) in [5.74, 6) is -1.86. The van der Waals surface area contributed by atoms with Crippen molar-refractivity contribution in [1.82, 2.24) is 9.62 Å². The highest BCUT2D eigenvalue weighted by Crippen LogP contribution is 2.32. The monoisotopic (exact) mass is 288 g/mol. The molecule has 2 heterocycles. The minimum absolute atomic E-state index is 0.0712. The molecule has 7 heteroatoms. The van der Waals surface area contributed by atoms with Crippen molar-refractivity contribution in [2.45, 2.75) is 17.4 Å². The van der Waals surface area contributed by atoms with E-state index in [0.717, 1.165) is 31.2 Å². The molecule has 2 atom stereocenters. The van der Waals surface area contributed by atoms with Crippen LogP contribution < -0.4 is 5.32 Å². The van der Waals surface area contributed by atoms with Crippen molar-refractivity contribution in [2.75, 3.05) is 19.6 Å². The van der Waals surface area contributed by atoms with Gasteiger partial charge in [-0.2, -0.15) is 4.31 Å². The summed E-state index contributed by atoms with van der Waals surface area (Å²) in [6.07, 6.45) is 0.806. The first-order valence-electron chi connectivity index (χ1n) is 6.18. The zero-order valence-electron chi connectivity index (χ0n) is 10.1. The first-order chi connectivity index (χ1) is 9.00. The molecule has 0 saturated carbocycles. The van der Waals surface area contributed by atoms with Gasteiger partial charge in [-0.3, -0.25) is 0 Å². The van der Waals surface area contributed by atoms with Crippen molar-refractivity contribution in [3.05, 3.63) is 29.8 Å². The molecule has 0 aliphatic carbocycles. The van der Waals surface area contributed by atoms with Crippen LogP contribution in [-0.2, 0) is 10.0 Å². The van der Waals surface area contributed by atoms with E-state index < -0.39 is 21.7 Å². The number of hydrogen-bond acceptors (Lipinski definition) is 3. The highest BCUT2D eigenvalue weighted by molar-refractivity contribution is 7.89. The molecule has 0 spiro atoms. The number of nitrogens with one attached hydrogen (secondary N) is 1. The van der Waals surface area contributed by atoms with Gasteiger partial charge in [-0.1, -0.05) is 0 Å². The van der Waals surface area contributed by atoms with E-state index >= 15 is 0 Å². The molecule has 0 unspecified atom stereocenters. The van der Waals surface area contributed by atoms with Crippen molar-refractivity contribution in [3.63, 3.8) is 0 Å². The summed E-state index contributed by atoms with van der Waals surface area (Å²) >= 11 is 0. The SMILES string of the molecule is O=S(=O)(c1ccc(F)c(F)c1)N1CC[C@H]2CNC[C@H]21. The third kappa shape index (κ3) is 2.05. The highest BCUT2D eigenvalue weighted by atomic mass is 32.2. The Hall–Kier alpha value is -1.05. The number of sulfonamides is 1. The summed E-state index contributed by atoms with van der Waals surface area (Å²) in [5.41, 5.74) is 0. The van der Waals surface area contributed by atoms with Crippen LogP contribution in [0.2, 0.25) is 0 Å². The lowest BCUT2D eigenvalue weighted by atomic mass is 10.1. The molecule has 1 aromatic carbocycles. The zero-order chi connectivity index (χ0) is 13.6. The molecule has 1 N–H and O–H groups in total. The molecular weight excluding hydrogens is 274 g/mol. The summed E-state index contributed by atoms with van der Waals surface area (Å²) in [5, 5.41) is 3.16. The molecule has 2 aliphatic heterocycles. The van der Waals surface area contributed by atoms with Crippen LogP contribution in [0.25, 0.3) is 0 Å². The Bertz CT molecular complexity index is 606. The average Bonchev–Trinajstić information content (AvgIpc) is 2.94. The molecule has 0 radical (unpaired) electrons. The fourth-order valence-corrected chi connectivity index (χ4v) is 4.59. The highest BCUT2D eigenvalue weighted by Gasteiger charge is 2.43. The van der Waals surface area contributed by atoms with Gasteiger partial charge >= 0.3 is 0 Å². The lowest BCUT2D eigenvalue weighted by molar-refractivity contribution is 0.382. The van der Waals surface area contributed by atoms with E-state index in [1.165, 1.54) is 4.31 Å². The van der Waals surface area contributed by atoms with Gasteiger partial charge in [-0.05, 0) is 37.1 Å². The van der Waals surface area contributed by atoms with Gasteiger partial charge in [0, 0.05) is 19.1 Å². The third-order valence-corrected chi connectivity index (χ3v) is 5.81. The van der Waals surface area contributed by atoms with Crippen LogP contribution in [0.15, 0.2) is 23.1 Å². The maximum atomic E-state index is 13.2. The van der Waals surface area contributed by atoms with Crippen LogP contribution in [0.5, 0.6) is 0 Å². The van der Waals surface area contributed by atoms with E-state index in [-0.39, 0.29) is 10.9 Å². The van der Waals surface area contributed by atoms with Crippen LogP contribution in [0.3, 0.4) is 0 Å². The van der Waals surface area contributed by atoms with Gasteiger partial charge in [-0.15, -0.1) is 0 Å². The second kappa shape index (κ2) is 4.50. The van der Waals surface area contributed by atoms with E-state index in [4.69, 9.17) is 0 Å². The normalized spacial score (nSPS) is 27.7. The third-order valence-electron chi connectivity index (χ3n) is 3.89. The molecule has 104 valence electrons. The van der Waals surface area contributed by atoms with Gasteiger partial charge in [0.15, 0.2) is 11.6 Å². The Kier molecular flexibility index (Phi) is 3.07. The first-order valence-corrected chi connectivity index (χ1v) is 7.62. The molecule has 0 bridgehead atoms. The molecular formula is C12H14F2N2O2S. The second-order valence-corrected chi connectivity index (χ2v) is 6.86. The number of hydrogen-bond donors (Lipinski definition) is 1. The molecule has 19 heavy (non-hydrogen) atoms. The van der Waals surface area contributed by atoms with Crippen molar-refractivity contribution in [2.24, 2.45) is 5.92 Å². The van der Waals surface area contributed by atoms with Gasteiger partial charge < -0.3 is 5.32 Å². The largest absolute Gasteiger partial charge is 0.315 e. The van der Waals surface area contributed by atoms with Gasteiger partial charge in [0.1, 0.15) is 0 Å². The fraction of sp³-hybridized carbons (Fsp3) is 0.500. The topological polar surface area (TPSA) is 49.4 Å². The van der Waals surface area contributed by atoms with Gasteiger partial charge in [-0.25, -0.2) is 17.2 Å². The Morgan fingerprint density at radius 1 is 1.21 bits per heavy atom. The molecule has 4 nitrogen and oxygen atoms in total. The number of halogens is 2. The van der Waals surface area contributed by atoms with Crippen LogP contribution in [0.1, 0.15) is 6.42 Å². The summed E-state index contributed by atoms with van der Waals surface area (Å²) in [6.45, 7) is 1.88. The van der Waals surface area contributed by atoms with Gasteiger partial charge in [0.2, 0.25) is 10.0 Å². The molecule has 2 fully saturated rings. The number of fused-ring (bicyclic) bond motifs is 1. The van der Waals surface area contributed by atoms with Crippen molar-refractivity contribution in [3.8, 4) is 0 Å². The van der Waals surface area contributed by atoms with Gasteiger partial charge in [0.25, 0.3) is 0 Å². The van der Waals surface area contributed by atoms with Gasteiger partial charge in [0.05, 0.1) is 4.90 Å². The lowest BCUT2D eigenvalue weighted by Gasteiger charge is -2.22. The average molecular weight is 288 g/mol. The quantitative estimate of drug-likeness (QED) is 0.881. The minimum atomic E-state index is -3.75. The maximum absolute atomic E-state index is 13.2. The Morgan fingerprint density at radius 3 is 2.74 bits per heavy atom. The molecule has 0 aromatic heterocycles. The molecule has 0 amide bonds. The Balaban J connectivity index is 1.96. The first kappa shape index (κ1) is 13.0. The lowest BCUT2D eigenvalue weighted by Crippen LogP contribution is -2.39. The van der Waals surface area contributed by atoms with E-state index in [0.29, 0.717) is 19.0 Å². The Labute approximate surface area is 110 Å². The Morgan fingerprint density at radius 2 is 2.00 bits per heavy atom. The van der Waals surface area contributed by atoms with Crippen LogP contribution in [0.4, 0.5) is 8.78 Å². The molecule has 3 rings (SSSR count). The van der Waals surface area contributed by atoms with E-state index in [2.05, 4.69) is 5.32 Å². The van der Waals surface area contributed by atoms with E-state index in [1.807, 2.05) is 0 Å². The standard InChI is InChI=1S/C12H14F2N2O2S/c13-10-2-1-9(5-11(10)14)19(17,18)16-4-3-8-6-15-7-12(8)16/h1-2,5,8,12,15H,3-4,6-7H2/t8-,12+/m0/s1. The minimum Gasteiger partial charge on any atom is -0.315 e. The maximum Gasteiger partial charge on any atom is 0.243 e. The summed E-state index contributed by atoms with van der Waals surface area (Å²) in [7, 11) is -3.75. The van der Waals surface area contributed by atoms with Crippen LogP contribution in [0, 0.1) is 17.6 Å². The zero-order valence-corrected chi connectivity index (χ0v) is 11.0. The molecule has 2 aliphatic rings. The predicted molar refractivity (Wildman–Crippen MR) is 65.0 cm³/mol. The number of nitrogens with zero attached hydrogens (tertiary/aromatic N) is 1. The summed E-state index contributed by atoms with van der Waals surface area (Å²) in [6, 6.07) is 2.64. The van der Waals surface area contributed by atoms with Crippen molar-refractivity contribution >= 4 is 10.0 Å². The molecule has 1 aromatic rings. The second-order valence-electron chi connectivity index (χ2n) is 4.97. The van der Waals surface area contributed by atoms with Crippen LogP contribution in [-0.4, -0.2) is 38.4 Å². The predicted octanol–water partition coefficient (Wildman–Crippen LogP) is 0.947. The van der Waals surface area contributed by atoms with Crippen LogP contribution >= 0.6 is 0 Å². The van der Waals surface area contributed by atoms with E-state index in [1.54, 1.807) is 0 Å². The van der Waals surface area contributed by atoms with Crippen molar-refractivity contribution in [1.29, 1.82) is 0 Å². The molecule has 2 saturated heterocycles. The number of rotatable bonds is 2. The summed E-state index contributed by atoms with van der Waals surface area (Å²) < 4.78 is 52.4. The van der Waals surface area contributed by atoms with E-state index in [9.17, 15) is 17.2 Å². The van der Waals surface area contributed by atoms with Crippen molar-refractivity contribution < 1.29 is 17.2 Å².